The minimum absolute atomic E-state index is 0.104. The molecule has 0 heterocycles. The summed E-state index contributed by atoms with van der Waals surface area (Å²) in [6.07, 6.45) is 0.837. The zero-order chi connectivity index (χ0) is 13.8. The van der Waals surface area contributed by atoms with Crippen LogP contribution < -0.4 is 5.32 Å². The number of amides is 1. The lowest BCUT2D eigenvalue weighted by atomic mass is 10.0. The lowest BCUT2D eigenvalue weighted by Gasteiger charge is -2.30. The minimum atomic E-state index is -0.275. The summed E-state index contributed by atoms with van der Waals surface area (Å²) in [6.45, 7) is 2.04. The molecule has 6 heteroatoms. The number of carbonyl (C=O) groups excluding carboxylic acids is 1. The molecule has 0 bridgehead atoms. The highest BCUT2D eigenvalue weighted by Gasteiger charge is 2.28. The molecule has 0 aliphatic carbocycles. The Hall–Kier alpha value is 0.420. The van der Waals surface area contributed by atoms with E-state index < -0.39 is 0 Å². The Morgan fingerprint density at radius 3 is 2.44 bits per heavy atom. The first kappa shape index (κ1) is 16.5. The number of rotatable bonds is 5. The first-order valence-electron chi connectivity index (χ1n) is 5.37. The molecule has 0 aliphatic rings. The van der Waals surface area contributed by atoms with Crippen molar-refractivity contribution in [1.82, 2.24) is 5.32 Å². The molecule has 0 saturated carbocycles. The number of hydrogen-bond acceptors (Lipinski definition) is 1. The smallest absolute Gasteiger partial charge is 0.251 e. The van der Waals surface area contributed by atoms with Gasteiger partial charge in [0, 0.05) is 20.7 Å². The Kier molecular flexibility index (Phi) is 6.65. The number of alkyl halides is 2. The number of carbonyl (C=O) groups is 1. The average molecular weight is 462 g/mol. The summed E-state index contributed by atoms with van der Waals surface area (Å²) in [6, 6.07) is 5.14. The van der Waals surface area contributed by atoms with Crippen molar-refractivity contribution in [1.29, 1.82) is 0 Å². The maximum atomic E-state index is 12.2. The number of halogens is 4. The molecule has 0 aliphatic heterocycles. The Balaban J connectivity index is 2.90. The van der Waals surface area contributed by atoms with Crippen LogP contribution >= 0.6 is 59.4 Å². The van der Waals surface area contributed by atoms with E-state index in [-0.39, 0.29) is 11.4 Å². The zero-order valence-corrected chi connectivity index (χ0v) is 15.3. The molecule has 0 fully saturated rings. The number of benzene rings is 1. The van der Waals surface area contributed by atoms with Crippen molar-refractivity contribution >= 4 is 65.3 Å². The fraction of sp³-hybridized carbons (Fsp3) is 0.417. The van der Waals surface area contributed by atoms with E-state index in [1.54, 1.807) is 18.2 Å². The van der Waals surface area contributed by atoms with Crippen LogP contribution in [0, 0.1) is 0 Å². The van der Waals surface area contributed by atoms with Crippen LogP contribution in [0.5, 0.6) is 0 Å². The molecule has 0 aromatic heterocycles. The van der Waals surface area contributed by atoms with Gasteiger partial charge in [-0.2, -0.15) is 0 Å². The Bertz CT molecular complexity index is 427. The highest BCUT2D eigenvalue weighted by atomic mass is 79.9. The lowest BCUT2D eigenvalue weighted by molar-refractivity contribution is 0.0915. The van der Waals surface area contributed by atoms with Gasteiger partial charge in [0.1, 0.15) is 0 Å². The molecule has 0 radical (unpaired) electrons. The monoisotopic (exact) mass is 459 g/mol. The van der Waals surface area contributed by atoms with Gasteiger partial charge in [0.05, 0.1) is 10.6 Å². The van der Waals surface area contributed by atoms with Gasteiger partial charge in [-0.25, -0.2) is 0 Å². The standard InChI is InChI=1S/C12H13Br3ClNO/c1-2-12(6-13,7-14)17-11(18)8-3-4-10(16)9(15)5-8/h3-5H,2,6-7H2,1H3,(H,17,18). The van der Waals surface area contributed by atoms with E-state index in [0.717, 1.165) is 10.9 Å². The van der Waals surface area contributed by atoms with Crippen molar-refractivity contribution in [3.63, 3.8) is 0 Å². The van der Waals surface area contributed by atoms with E-state index in [1.807, 2.05) is 6.92 Å². The fourth-order valence-electron chi connectivity index (χ4n) is 1.33. The van der Waals surface area contributed by atoms with Gasteiger partial charge >= 0.3 is 0 Å². The molecule has 1 N–H and O–H groups in total. The van der Waals surface area contributed by atoms with Crippen LogP contribution in [0.3, 0.4) is 0 Å². The molecule has 1 aromatic rings. The second kappa shape index (κ2) is 7.27. The van der Waals surface area contributed by atoms with Crippen LogP contribution in [-0.4, -0.2) is 22.1 Å². The summed E-state index contributed by atoms with van der Waals surface area (Å²) in [4.78, 5) is 12.2. The summed E-state index contributed by atoms with van der Waals surface area (Å²) in [7, 11) is 0. The summed E-state index contributed by atoms with van der Waals surface area (Å²) in [5.41, 5.74) is 0.314. The third kappa shape index (κ3) is 3.95. The Labute approximate surface area is 137 Å². The number of nitrogens with one attached hydrogen (secondary N) is 1. The minimum Gasteiger partial charge on any atom is -0.345 e. The second-order valence-corrected chi connectivity index (χ2v) is 6.37. The maximum Gasteiger partial charge on any atom is 0.251 e. The van der Waals surface area contributed by atoms with Crippen molar-refractivity contribution in [2.24, 2.45) is 0 Å². The van der Waals surface area contributed by atoms with E-state index in [9.17, 15) is 4.79 Å². The van der Waals surface area contributed by atoms with E-state index in [2.05, 4.69) is 53.1 Å². The Morgan fingerprint density at radius 2 is 2.00 bits per heavy atom. The van der Waals surface area contributed by atoms with Crippen molar-refractivity contribution in [2.75, 3.05) is 10.7 Å². The van der Waals surface area contributed by atoms with Crippen LogP contribution in [0.4, 0.5) is 0 Å². The van der Waals surface area contributed by atoms with Crippen LogP contribution in [0.1, 0.15) is 23.7 Å². The molecule has 18 heavy (non-hydrogen) atoms. The van der Waals surface area contributed by atoms with Gasteiger partial charge in [-0.1, -0.05) is 50.4 Å². The predicted molar refractivity (Wildman–Crippen MR) is 87.2 cm³/mol. The number of hydrogen-bond donors (Lipinski definition) is 1. The molecular weight excluding hydrogens is 449 g/mol. The molecule has 0 spiro atoms. The largest absolute Gasteiger partial charge is 0.345 e. The SMILES string of the molecule is CCC(CBr)(CBr)NC(=O)c1ccc(Cl)c(Br)c1. The summed E-state index contributed by atoms with van der Waals surface area (Å²) in [5.74, 6) is -0.104. The first-order chi connectivity index (χ1) is 8.48. The fourth-order valence-corrected chi connectivity index (χ4v) is 3.83. The normalized spacial score (nSPS) is 11.4. The van der Waals surface area contributed by atoms with Gasteiger partial charge in [0.15, 0.2) is 0 Å². The summed E-state index contributed by atoms with van der Waals surface area (Å²) in [5, 5.41) is 5.03. The molecule has 1 rings (SSSR count). The molecule has 2 nitrogen and oxygen atoms in total. The lowest BCUT2D eigenvalue weighted by Crippen LogP contribution is -2.51. The predicted octanol–water partition coefficient (Wildman–Crippen LogP) is 4.77. The van der Waals surface area contributed by atoms with Gasteiger partial charge in [-0.15, -0.1) is 0 Å². The highest BCUT2D eigenvalue weighted by molar-refractivity contribution is 9.10. The van der Waals surface area contributed by atoms with Crippen molar-refractivity contribution < 1.29 is 4.79 Å². The van der Waals surface area contributed by atoms with Crippen LogP contribution in [0.2, 0.25) is 5.02 Å². The van der Waals surface area contributed by atoms with E-state index >= 15 is 0 Å². The molecule has 0 saturated heterocycles. The molecule has 1 aromatic carbocycles. The highest BCUT2D eigenvalue weighted by Crippen LogP contribution is 2.24. The van der Waals surface area contributed by atoms with Gasteiger partial charge in [0.2, 0.25) is 0 Å². The molecular formula is C12H13Br3ClNO. The topological polar surface area (TPSA) is 29.1 Å². The molecule has 0 atom stereocenters. The van der Waals surface area contributed by atoms with E-state index in [0.29, 0.717) is 21.2 Å². The van der Waals surface area contributed by atoms with Crippen molar-refractivity contribution in [3.05, 3.63) is 33.3 Å². The van der Waals surface area contributed by atoms with Crippen molar-refractivity contribution in [3.8, 4) is 0 Å². The third-order valence-corrected chi connectivity index (χ3v) is 6.11. The van der Waals surface area contributed by atoms with Gasteiger partial charge in [0.25, 0.3) is 5.91 Å². The summed E-state index contributed by atoms with van der Waals surface area (Å²) < 4.78 is 0.719. The van der Waals surface area contributed by atoms with Gasteiger partial charge < -0.3 is 5.32 Å². The Morgan fingerprint density at radius 1 is 1.39 bits per heavy atom. The molecule has 1 amide bonds. The molecule has 100 valence electrons. The third-order valence-electron chi connectivity index (χ3n) is 2.75. The van der Waals surface area contributed by atoms with Crippen LogP contribution in [-0.2, 0) is 0 Å². The van der Waals surface area contributed by atoms with Gasteiger partial charge in [-0.05, 0) is 40.5 Å². The quantitative estimate of drug-likeness (QED) is 0.628. The average Bonchev–Trinajstić information content (AvgIpc) is 2.39. The first-order valence-corrected chi connectivity index (χ1v) is 8.79. The second-order valence-electron chi connectivity index (χ2n) is 3.98. The van der Waals surface area contributed by atoms with Crippen LogP contribution in [0.25, 0.3) is 0 Å². The van der Waals surface area contributed by atoms with Gasteiger partial charge in [-0.3, -0.25) is 4.79 Å². The summed E-state index contributed by atoms with van der Waals surface area (Å²) >= 11 is 16.1. The molecule has 0 unspecified atom stereocenters. The van der Waals surface area contributed by atoms with Crippen molar-refractivity contribution in [2.45, 2.75) is 18.9 Å². The van der Waals surface area contributed by atoms with E-state index in [1.165, 1.54) is 0 Å². The van der Waals surface area contributed by atoms with E-state index in [4.69, 9.17) is 11.6 Å². The zero-order valence-electron chi connectivity index (χ0n) is 9.77. The van der Waals surface area contributed by atoms with Crippen LogP contribution in [0.15, 0.2) is 22.7 Å². The maximum absolute atomic E-state index is 12.2.